The molecule has 0 radical (unpaired) electrons. The molecule has 0 spiro atoms. The third kappa shape index (κ3) is 5.03. The lowest BCUT2D eigenvalue weighted by Crippen LogP contribution is -2.48. The molecule has 1 aliphatic rings. The number of nitrogens with zero attached hydrogens (tertiary/aromatic N) is 4. The van der Waals surface area contributed by atoms with Gasteiger partial charge in [-0.2, -0.15) is 11.8 Å². The van der Waals surface area contributed by atoms with Crippen molar-refractivity contribution in [3.63, 3.8) is 0 Å². The van der Waals surface area contributed by atoms with Gasteiger partial charge in [-0.1, -0.05) is 13.0 Å². The van der Waals surface area contributed by atoms with Crippen LogP contribution in [0.15, 0.2) is 23.3 Å². The zero-order valence-electron chi connectivity index (χ0n) is 14.7. The van der Waals surface area contributed by atoms with Crippen LogP contribution in [0.1, 0.15) is 25.8 Å². The third-order valence-electron chi connectivity index (χ3n) is 3.92. The van der Waals surface area contributed by atoms with Crippen LogP contribution in [-0.4, -0.2) is 60.6 Å². The molecule has 2 heterocycles. The maximum absolute atomic E-state index is 4.87. The Bertz CT molecular complexity index is 517. The molecule has 1 atom stereocenters. The first-order valence-electron chi connectivity index (χ1n) is 8.41. The van der Waals surface area contributed by atoms with Crippen molar-refractivity contribution < 1.29 is 0 Å². The normalized spacial score (nSPS) is 18.9. The highest BCUT2D eigenvalue weighted by Gasteiger charge is 2.21. The summed E-state index contributed by atoms with van der Waals surface area (Å²) in [6.07, 6.45) is 3.05. The van der Waals surface area contributed by atoms with Crippen LogP contribution in [0.25, 0.3) is 0 Å². The molecule has 1 unspecified atom stereocenters. The number of rotatable bonds is 5. The van der Waals surface area contributed by atoms with Gasteiger partial charge in [-0.15, -0.1) is 0 Å². The summed E-state index contributed by atoms with van der Waals surface area (Å²) in [5.74, 6) is 3.20. The summed E-state index contributed by atoms with van der Waals surface area (Å²) in [7, 11) is 4.04. The molecule has 1 fully saturated rings. The number of pyridine rings is 1. The van der Waals surface area contributed by atoms with E-state index in [1.54, 1.807) is 0 Å². The van der Waals surface area contributed by atoms with E-state index in [-0.39, 0.29) is 0 Å². The number of aromatic nitrogens is 1. The van der Waals surface area contributed by atoms with Crippen molar-refractivity contribution in [3.05, 3.63) is 23.9 Å². The predicted molar refractivity (Wildman–Crippen MR) is 101 cm³/mol. The Labute approximate surface area is 144 Å². The molecule has 5 nitrogen and oxygen atoms in total. The summed E-state index contributed by atoms with van der Waals surface area (Å²) >= 11 is 2.08. The van der Waals surface area contributed by atoms with Gasteiger partial charge in [0, 0.05) is 56.5 Å². The van der Waals surface area contributed by atoms with Gasteiger partial charge in [0.15, 0.2) is 5.96 Å². The summed E-state index contributed by atoms with van der Waals surface area (Å²) < 4.78 is 0. The minimum absolute atomic E-state index is 0.657. The first-order valence-corrected chi connectivity index (χ1v) is 9.46. The molecule has 0 aromatic carbocycles. The lowest BCUT2D eigenvalue weighted by Gasteiger charge is -2.34. The Morgan fingerprint density at radius 1 is 1.48 bits per heavy atom. The number of anilines is 1. The minimum atomic E-state index is 0.657. The van der Waals surface area contributed by atoms with Crippen molar-refractivity contribution in [2.75, 3.05) is 44.4 Å². The van der Waals surface area contributed by atoms with Gasteiger partial charge >= 0.3 is 0 Å². The third-order valence-corrected chi connectivity index (χ3v) is 5.29. The average Bonchev–Trinajstić information content (AvgIpc) is 2.58. The smallest absolute Gasteiger partial charge is 0.194 e. The van der Waals surface area contributed by atoms with Crippen molar-refractivity contribution >= 4 is 23.5 Å². The van der Waals surface area contributed by atoms with Crippen LogP contribution in [-0.2, 0) is 6.54 Å². The Balaban J connectivity index is 2.13. The standard InChI is InChI=1S/C17H29N5S/c1-5-15-13-22(10-11-23-15)17(18-6-2)20-12-14-8-7-9-19-16(14)21(3)4/h7-9,15H,5-6,10-13H2,1-4H3,(H,18,20). The first kappa shape index (κ1) is 17.9. The number of guanidine groups is 1. The summed E-state index contributed by atoms with van der Waals surface area (Å²) in [5, 5.41) is 4.16. The number of thioether (sulfide) groups is 1. The van der Waals surface area contributed by atoms with E-state index in [2.05, 4.69) is 46.9 Å². The van der Waals surface area contributed by atoms with Crippen LogP contribution in [0.5, 0.6) is 0 Å². The van der Waals surface area contributed by atoms with Gasteiger partial charge < -0.3 is 15.1 Å². The van der Waals surface area contributed by atoms with Gasteiger partial charge in [0.05, 0.1) is 6.54 Å². The monoisotopic (exact) mass is 335 g/mol. The molecule has 0 aliphatic carbocycles. The fourth-order valence-electron chi connectivity index (χ4n) is 2.70. The number of aliphatic imine (C=N–C) groups is 1. The van der Waals surface area contributed by atoms with E-state index in [9.17, 15) is 0 Å². The number of hydrogen-bond donors (Lipinski definition) is 1. The molecule has 0 bridgehead atoms. The van der Waals surface area contributed by atoms with Crippen LogP contribution < -0.4 is 10.2 Å². The predicted octanol–water partition coefficient (Wildman–Crippen LogP) is 2.44. The molecule has 1 aliphatic heterocycles. The second kappa shape index (κ2) is 9.01. The average molecular weight is 336 g/mol. The Morgan fingerprint density at radius 2 is 2.30 bits per heavy atom. The largest absolute Gasteiger partial charge is 0.362 e. The van der Waals surface area contributed by atoms with E-state index in [4.69, 9.17) is 4.99 Å². The molecular formula is C17H29N5S. The molecule has 0 saturated carbocycles. The molecular weight excluding hydrogens is 306 g/mol. The zero-order valence-corrected chi connectivity index (χ0v) is 15.6. The van der Waals surface area contributed by atoms with Gasteiger partial charge in [0.1, 0.15) is 5.82 Å². The van der Waals surface area contributed by atoms with E-state index in [1.165, 1.54) is 12.2 Å². The van der Waals surface area contributed by atoms with Crippen molar-refractivity contribution in [3.8, 4) is 0 Å². The first-order chi connectivity index (χ1) is 11.2. The maximum Gasteiger partial charge on any atom is 0.194 e. The summed E-state index contributed by atoms with van der Waals surface area (Å²) in [6.45, 7) is 8.10. The molecule has 1 aromatic heterocycles. The van der Waals surface area contributed by atoms with Crippen LogP contribution >= 0.6 is 11.8 Å². The van der Waals surface area contributed by atoms with Gasteiger partial charge in [0.2, 0.25) is 0 Å². The van der Waals surface area contributed by atoms with Crippen molar-refractivity contribution in [1.82, 2.24) is 15.2 Å². The van der Waals surface area contributed by atoms with E-state index in [1.807, 2.05) is 31.3 Å². The highest BCUT2D eigenvalue weighted by atomic mass is 32.2. The zero-order chi connectivity index (χ0) is 16.7. The van der Waals surface area contributed by atoms with Crippen molar-refractivity contribution in [1.29, 1.82) is 0 Å². The maximum atomic E-state index is 4.87. The second-order valence-electron chi connectivity index (χ2n) is 5.90. The van der Waals surface area contributed by atoms with E-state index < -0.39 is 0 Å². The van der Waals surface area contributed by atoms with Gasteiger partial charge in [-0.25, -0.2) is 9.98 Å². The Morgan fingerprint density at radius 3 is 3.00 bits per heavy atom. The highest BCUT2D eigenvalue weighted by Crippen LogP contribution is 2.21. The number of hydrogen-bond acceptors (Lipinski definition) is 4. The molecule has 1 aromatic rings. The van der Waals surface area contributed by atoms with Crippen LogP contribution in [0.3, 0.4) is 0 Å². The Kier molecular flexibility index (Phi) is 7.02. The van der Waals surface area contributed by atoms with Crippen LogP contribution in [0.2, 0.25) is 0 Å². The minimum Gasteiger partial charge on any atom is -0.362 e. The van der Waals surface area contributed by atoms with Gasteiger partial charge in [-0.3, -0.25) is 0 Å². The van der Waals surface area contributed by atoms with Gasteiger partial charge in [-0.05, 0) is 19.4 Å². The summed E-state index contributed by atoms with van der Waals surface area (Å²) in [4.78, 5) is 13.8. The van der Waals surface area contributed by atoms with E-state index in [0.717, 1.165) is 37.0 Å². The molecule has 0 amide bonds. The van der Waals surface area contributed by atoms with E-state index in [0.29, 0.717) is 11.8 Å². The molecule has 1 N–H and O–H groups in total. The second-order valence-corrected chi connectivity index (χ2v) is 7.31. The number of nitrogens with one attached hydrogen (secondary N) is 1. The molecule has 23 heavy (non-hydrogen) atoms. The van der Waals surface area contributed by atoms with Crippen molar-refractivity contribution in [2.24, 2.45) is 4.99 Å². The van der Waals surface area contributed by atoms with E-state index >= 15 is 0 Å². The van der Waals surface area contributed by atoms with Gasteiger partial charge in [0.25, 0.3) is 0 Å². The molecule has 1 saturated heterocycles. The summed E-state index contributed by atoms with van der Waals surface area (Å²) in [6, 6.07) is 4.09. The summed E-state index contributed by atoms with van der Waals surface area (Å²) in [5.41, 5.74) is 1.16. The topological polar surface area (TPSA) is 43.8 Å². The van der Waals surface area contributed by atoms with Crippen LogP contribution in [0, 0.1) is 0 Å². The Hall–Kier alpha value is -1.43. The molecule has 128 valence electrons. The lowest BCUT2D eigenvalue weighted by atomic mass is 10.2. The SMILES string of the molecule is CCNC(=NCc1cccnc1N(C)C)N1CCSC(CC)C1. The molecule has 6 heteroatoms. The lowest BCUT2D eigenvalue weighted by molar-refractivity contribution is 0.408. The van der Waals surface area contributed by atoms with Crippen molar-refractivity contribution in [2.45, 2.75) is 32.1 Å². The molecule has 2 rings (SSSR count). The highest BCUT2D eigenvalue weighted by molar-refractivity contribution is 8.00. The van der Waals surface area contributed by atoms with Crippen LogP contribution in [0.4, 0.5) is 5.82 Å². The quantitative estimate of drug-likeness (QED) is 0.661. The fourth-order valence-corrected chi connectivity index (χ4v) is 3.88. The fraction of sp³-hybridized carbons (Fsp3) is 0.647.